The molecule has 0 spiro atoms. The first kappa shape index (κ1) is 20.5. The summed E-state index contributed by atoms with van der Waals surface area (Å²) in [4.78, 5) is 23.2. The van der Waals surface area contributed by atoms with Crippen molar-refractivity contribution in [2.75, 3.05) is 19.0 Å². The van der Waals surface area contributed by atoms with Crippen LogP contribution in [0.25, 0.3) is 0 Å². The number of esters is 1. The van der Waals surface area contributed by atoms with E-state index in [9.17, 15) is 14.7 Å². The van der Waals surface area contributed by atoms with Crippen molar-refractivity contribution in [3.8, 4) is 0 Å². The van der Waals surface area contributed by atoms with Crippen LogP contribution in [0.4, 0.5) is 4.79 Å². The molecule has 134 valence electrons. The molecule has 1 rings (SSSR count). The Morgan fingerprint density at radius 2 is 1.75 bits per heavy atom. The van der Waals surface area contributed by atoms with Crippen LogP contribution in [0.5, 0.6) is 0 Å². The smallest absolute Gasteiger partial charge is 0.367 e. The van der Waals surface area contributed by atoms with E-state index in [1.165, 1.54) is 0 Å². The summed E-state index contributed by atoms with van der Waals surface area (Å²) in [5.41, 5.74) is 1.16. The molecule has 0 aliphatic heterocycles. The van der Waals surface area contributed by atoms with Crippen LogP contribution in [0.15, 0.2) is 30.3 Å². The minimum atomic E-state index is -1.01. The average Bonchev–Trinajstić information content (AvgIpc) is 2.62. The second-order valence-electron chi connectivity index (χ2n) is 5.78. The quantitative estimate of drug-likeness (QED) is 0.683. The van der Waals surface area contributed by atoms with Crippen molar-refractivity contribution in [2.45, 2.75) is 39.2 Å². The van der Waals surface area contributed by atoms with Crippen molar-refractivity contribution in [2.24, 2.45) is 5.92 Å². The van der Waals surface area contributed by atoms with Crippen LogP contribution < -0.4 is 0 Å². The molecule has 0 saturated carbocycles. The van der Waals surface area contributed by atoms with Crippen molar-refractivity contribution < 1.29 is 24.2 Å². The van der Waals surface area contributed by atoms with E-state index >= 15 is 0 Å². The zero-order valence-corrected chi connectivity index (χ0v) is 15.3. The lowest BCUT2D eigenvalue weighted by atomic mass is 10.0. The van der Waals surface area contributed by atoms with Gasteiger partial charge in [-0.2, -0.15) is 0 Å². The van der Waals surface area contributed by atoms with Gasteiger partial charge in [-0.15, -0.1) is 0 Å². The lowest BCUT2D eigenvalue weighted by Crippen LogP contribution is -2.26. The lowest BCUT2D eigenvalue weighted by molar-refractivity contribution is -0.151. The van der Waals surface area contributed by atoms with E-state index < -0.39 is 11.4 Å². The number of hydrogen-bond acceptors (Lipinski definition) is 6. The lowest BCUT2D eigenvalue weighted by Gasteiger charge is -2.14. The topological polar surface area (TPSA) is 72.8 Å². The highest BCUT2D eigenvalue weighted by Gasteiger charge is 2.16. The third-order valence-electron chi connectivity index (χ3n) is 3.65. The van der Waals surface area contributed by atoms with E-state index in [2.05, 4.69) is 0 Å². The number of rotatable bonds is 9. The van der Waals surface area contributed by atoms with Gasteiger partial charge in [0.05, 0.1) is 5.92 Å². The van der Waals surface area contributed by atoms with Crippen molar-refractivity contribution in [1.29, 1.82) is 0 Å². The number of hydrogen-bond donors (Lipinski definition) is 1. The second kappa shape index (κ2) is 11.1. The molecular weight excluding hydrogens is 328 g/mol. The molecule has 6 heteroatoms. The van der Waals surface area contributed by atoms with Gasteiger partial charge >= 0.3 is 11.3 Å². The molecule has 0 bridgehead atoms. The third kappa shape index (κ3) is 7.84. The van der Waals surface area contributed by atoms with Crippen LogP contribution in [0.2, 0.25) is 0 Å². The Bertz CT molecular complexity index is 505. The maximum Gasteiger partial charge on any atom is 0.367 e. The average molecular weight is 354 g/mol. The minimum absolute atomic E-state index is 0.165. The minimum Gasteiger partial charge on any atom is -0.463 e. The van der Waals surface area contributed by atoms with Gasteiger partial charge in [0.15, 0.2) is 0 Å². The molecular formula is C18H26O5S. The highest BCUT2D eigenvalue weighted by molar-refractivity contribution is 8.13. The monoisotopic (exact) mass is 354 g/mol. The van der Waals surface area contributed by atoms with E-state index in [4.69, 9.17) is 9.47 Å². The van der Waals surface area contributed by atoms with Crippen LogP contribution in [-0.4, -0.2) is 41.4 Å². The van der Waals surface area contributed by atoms with Crippen molar-refractivity contribution in [3.05, 3.63) is 35.9 Å². The number of aliphatic hydroxyl groups is 1. The maximum atomic E-state index is 11.7. The molecule has 0 fully saturated rings. The molecule has 3 atom stereocenters. The molecule has 0 aromatic heterocycles. The number of benzene rings is 1. The van der Waals surface area contributed by atoms with E-state index in [0.717, 1.165) is 17.3 Å². The third-order valence-corrected chi connectivity index (χ3v) is 4.67. The highest BCUT2D eigenvalue weighted by Crippen LogP contribution is 2.21. The molecule has 0 heterocycles. The van der Waals surface area contributed by atoms with E-state index in [0.29, 0.717) is 12.2 Å². The predicted octanol–water partition coefficient (Wildman–Crippen LogP) is 3.61. The van der Waals surface area contributed by atoms with Crippen LogP contribution in [0.1, 0.15) is 38.7 Å². The predicted molar refractivity (Wildman–Crippen MR) is 95.1 cm³/mol. The number of carbonyl (C=O) groups is 2. The number of carbonyl (C=O) groups excluding carboxylic acids is 2. The van der Waals surface area contributed by atoms with Gasteiger partial charge in [0.1, 0.15) is 19.3 Å². The summed E-state index contributed by atoms with van der Waals surface area (Å²) in [6.07, 6.45) is -0.325. The molecule has 1 N–H and O–H groups in total. The number of thioether (sulfide) groups is 1. The molecule has 3 unspecified atom stereocenters. The fraction of sp³-hybridized carbons (Fsp3) is 0.556. The zero-order valence-electron chi connectivity index (χ0n) is 14.4. The number of aliphatic hydroxyl groups excluding tert-OH is 1. The van der Waals surface area contributed by atoms with Gasteiger partial charge in [0, 0.05) is 5.75 Å². The molecule has 1 aromatic carbocycles. The van der Waals surface area contributed by atoms with Crippen LogP contribution in [-0.2, 0) is 14.3 Å². The fourth-order valence-corrected chi connectivity index (χ4v) is 2.54. The van der Waals surface area contributed by atoms with Gasteiger partial charge in [0.25, 0.3) is 0 Å². The van der Waals surface area contributed by atoms with E-state index in [1.807, 2.05) is 44.2 Å². The maximum absolute atomic E-state index is 11.7. The highest BCUT2D eigenvalue weighted by atomic mass is 32.2. The Kier molecular flexibility index (Phi) is 9.49. The first-order valence-corrected chi connectivity index (χ1v) is 9.11. The van der Waals surface area contributed by atoms with Crippen molar-refractivity contribution in [3.63, 3.8) is 0 Å². The molecule has 0 aliphatic carbocycles. The second-order valence-corrected chi connectivity index (χ2v) is 6.73. The van der Waals surface area contributed by atoms with Crippen molar-refractivity contribution in [1.82, 2.24) is 0 Å². The van der Waals surface area contributed by atoms with Crippen LogP contribution >= 0.6 is 11.8 Å². The first-order valence-electron chi connectivity index (χ1n) is 8.13. The van der Waals surface area contributed by atoms with Gasteiger partial charge in [-0.25, -0.2) is 4.79 Å². The Morgan fingerprint density at radius 3 is 2.38 bits per heavy atom. The molecule has 0 radical (unpaired) electrons. The normalized spacial score (nSPS) is 14.5. The van der Waals surface area contributed by atoms with E-state index in [-0.39, 0.29) is 31.0 Å². The van der Waals surface area contributed by atoms with E-state index in [1.54, 1.807) is 6.92 Å². The summed E-state index contributed by atoms with van der Waals surface area (Å²) in [5.74, 6) is 0.274. The number of ether oxygens (including phenoxy) is 2. The van der Waals surface area contributed by atoms with Crippen LogP contribution in [0.3, 0.4) is 0 Å². The Balaban J connectivity index is 2.20. The summed E-state index contributed by atoms with van der Waals surface area (Å²) in [6.45, 7) is 5.34. The summed E-state index contributed by atoms with van der Waals surface area (Å²) in [5, 5.41) is 9.25. The molecule has 0 amide bonds. The Labute approximate surface area is 147 Å². The van der Waals surface area contributed by atoms with Gasteiger partial charge in [-0.1, -0.05) is 51.1 Å². The Hall–Kier alpha value is -1.53. The van der Waals surface area contributed by atoms with Gasteiger partial charge in [-0.05, 0) is 29.7 Å². The molecule has 0 saturated heterocycles. The first-order chi connectivity index (χ1) is 11.4. The summed E-state index contributed by atoms with van der Waals surface area (Å²) >= 11 is 1.07. The van der Waals surface area contributed by atoms with Crippen LogP contribution in [0, 0.1) is 5.92 Å². The zero-order chi connectivity index (χ0) is 17.9. The standard InChI is InChI=1S/C18H26O5S/c1-4-13(2)17(20)22-10-16(19)11-23-18(21)24-12-14(3)15-8-6-5-7-9-15/h5-9,13-14,16,19H,4,10-12H2,1-3H3. The molecule has 0 aliphatic rings. The molecule has 1 aromatic rings. The van der Waals surface area contributed by atoms with Gasteiger partial charge < -0.3 is 14.6 Å². The van der Waals surface area contributed by atoms with Crippen molar-refractivity contribution >= 4 is 23.0 Å². The summed E-state index contributed by atoms with van der Waals surface area (Å²) in [7, 11) is 0. The molecule has 24 heavy (non-hydrogen) atoms. The van der Waals surface area contributed by atoms with Gasteiger partial charge in [-0.3, -0.25) is 4.79 Å². The summed E-state index contributed by atoms with van der Waals surface area (Å²) < 4.78 is 9.95. The SMILES string of the molecule is CCC(C)C(=O)OCC(O)COC(=O)SCC(C)c1ccccc1. The Morgan fingerprint density at radius 1 is 1.12 bits per heavy atom. The largest absolute Gasteiger partial charge is 0.463 e. The fourth-order valence-electron chi connectivity index (χ4n) is 1.81. The summed E-state index contributed by atoms with van der Waals surface area (Å²) in [6, 6.07) is 9.92. The molecule has 5 nitrogen and oxygen atoms in total. The van der Waals surface area contributed by atoms with Gasteiger partial charge in [0.2, 0.25) is 0 Å².